The second kappa shape index (κ2) is 5.15. The number of alkyl halides is 2. The molecule has 0 saturated heterocycles. The Bertz CT molecular complexity index is 331. The first-order valence-electron chi connectivity index (χ1n) is 4.20. The molecule has 0 bridgehead atoms. The van der Waals surface area contributed by atoms with Crippen molar-refractivity contribution in [2.24, 2.45) is 0 Å². The minimum Gasteiger partial charge on any atom is -0.124 e. The van der Waals surface area contributed by atoms with E-state index in [1.807, 2.05) is 31.2 Å². The number of benzene rings is 1. The summed E-state index contributed by atoms with van der Waals surface area (Å²) in [5, 5.41) is 0. The second-order valence-corrected chi connectivity index (χ2v) is 14.8. The average Bonchev–Trinajstić information content (AvgIpc) is 2.16. The van der Waals surface area contributed by atoms with Crippen molar-refractivity contribution in [2.45, 2.75) is 16.8 Å². The maximum Gasteiger partial charge on any atom is 0.361 e. The van der Waals surface area contributed by atoms with Gasteiger partial charge in [-0.1, -0.05) is 40.2 Å². The predicted molar refractivity (Wildman–Crippen MR) is 75.6 cm³/mol. The lowest BCUT2D eigenvalue weighted by atomic mass is 10.1. The van der Waals surface area contributed by atoms with Crippen LogP contribution in [0.1, 0.15) is 18.1 Å². The molecule has 0 aliphatic rings. The van der Waals surface area contributed by atoms with Crippen LogP contribution in [0, 0.1) is 0 Å². The summed E-state index contributed by atoms with van der Waals surface area (Å²) in [5.74, 6) is 0.491. The molecule has 0 saturated carbocycles. The van der Waals surface area contributed by atoms with E-state index in [1.54, 1.807) is 0 Å². The Morgan fingerprint density at radius 1 is 1.20 bits per heavy atom. The van der Waals surface area contributed by atoms with E-state index in [1.165, 1.54) is 0 Å². The van der Waals surface area contributed by atoms with Gasteiger partial charge in [-0.25, -0.2) is 0 Å². The minimum absolute atomic E-state index is 0.491. The Labute approximate surface area is 118 Å². The highest BCUT2D eigenvalue weighted by Gasteiger charge is 2.47. The van der Waals surface area contributed by atoms with E-state index in [4.69, 9.17) is 44.8 Å². The molecule has 1 unspecified atom stereocenters. The highest BCUT2D eigenvalue weighted by atomic mass is 79.9. The van der Waals surface area contributed by atoms with Crippen LogP contribution in [0.2, 0.25) is 0 Å². The number of hydrogen-bond acceptors (Lipinski definition) is 0. The van der Waals surface area contributed by atoms with Gasteiger partial charge in [0.25, 0.3) is 0 Å². The van der Waals surface area contributed by atoms with E-state index in [2.05, 4.69) is 15.9 Å². The van der Waals surface area contributed by atoms with Crippen molar-refractivity contribution >= 4 is 66.8 Å². The van der Waals surface area contributed by atoms with E-state index in [0.29, 0.717) is 5.88 Å². The van der Waals surface area contributed by atoms with Gasteiger partial charge in [0.05, 0.1) is 3.95 Å². The molecule has 0 heterocycles. The largest absolute Gasteiger partial charge is 0.361 e. The molecule has 0 aliphatic heterocycles. The molecule has 1 aromatic carbocycles. The lowest BCUT2D eigenvalue weighted by Gasteiger charge is -2.28. The summed E-state index contributed by atoms with van der Waals surface area (Å²) in [6.45, 7) is 1.88. The SMILES string of the molecule is CC(Br)(c1ccc(CCl)cc1)[Si](Cl)(Cl)Cl. The van der Waals surface area contributed by atoms with Crippen LogP contribution in [0.15, 0.2) is 24.3 Å². The summed E-state index contributed by atoms with van der Waals surface area (Å²) in [6, 6.07) is 4.89. The number of hydrogen-bond donors (Lipinski definition) is 0. The molecule has 84 valence electrons. The van der Waals surface area contributed by atoms with Crippen LogP contribution in [0.5, 0.6) is 0 Å². The zero-order valence-corrected chi connectivity index (χ0v) is 13.5. The van der Waals surface area contributed by atoms with Gasteiger partial charge in [0.1, 0.15) is 0 Å². The van der Waals surface area contributed by atoms with E-state index >= 15 is 0 Å². The van der Waals surface area contributed by atoms with Crippen molar-refractivity contribution in [2.75, 3.05) is 0 Å². The summed E-state index contributed by atoms with van der Waals surface area (Å²) in [4.78, 5) is 0. The zero-order valence-electron chi connectivity index (χ0n) is 7.91. The third-order valence-electron chi connectivity index (χ3n) is 2.18. The van der Waals surface area contributed by atoms with Crippen molar-refractivity contribution in [1.29, 1.82) is 0 Å². The van der Waals surface area contributed by atoms with Gasteiger partial charge in [-0.3, -0.25) is 0 Å². The maximum atomic E-state index is 6.03. The van der Waals surface area contributed by atoms with Crippen LogP contribution >= 0.6 is 60.8 Å². The van der Waals surface area contributed by atoms with Gasteiger partial charge >= 0.3 is 6.00 Å². The first-order valence-corrected chi connectivity index (χ1v) is 10.6. The third kappa shape index (κ3) is 3.27. The normalized spacial score (nSPS) is 16.1. The quantitative estimate of drug-likeness (QED) is 0.390. The van der Waals surface area contributed by atoms with Gasteiger partial charge in [-0.05, 0) is 18.1 Å². The van der Waals surface area contributed by atoms with Crippen molar-refractivity contribution in [3.8, 4) is 0 Å². The second-order valence-electron chi connectivity index (χ2n) is 3.33. The molecule has 1 atom stereocenters. The molecule has 0 aromatic heterocycles. The van der Waals surface area contributed by atoms with Gasteiger partial charge in [0.15, 0.2) is 0 Å². The average molecular weight is 367 g/mol. The van der Waals surface area contributed by atoms with Crippen LogP contribution in [-0.2, 0) is 9.83 Å². The Morgan fingerprint density at radius 2 is 1.67 bits per heavy atom. The zero-order chi connectivity index (χ0) is 11.7. The predicted octanol–water partition coefficient (Wildman–Crippen LogP) is 5.23. The summed E-state index contributed by atoms with van der Waals surface area (Å²) in [6.07, 6.45) is 0. The Hall–Kier alpha value is 1.08. The summed E-state index contributed by atoms with van der Waals surface area (Å²) in [5.41, 5.74) is 2.01. The minimum atomic E-state index is -2.85. The topological polar surface area (TPSA) is 0 Å². The van der Waals surface area contributed by atoms with E-state index in [-0.39, 0.29) is 0 Å². The molecular weight excluding hydrogens is 358 g/mol. The van der Waals surface area contributed by atoms with Crippen molar-refractivity contribution < 1.29 is 0 Å². The first kappa shape index (κ1) is 14.1. The Balaban J connectivity index is 3.06. The smallest absolute Gasteiger partial charge is 0.124 e. The molecule has 0 spiro atoms. The van der Waals surface area contributed by atoms with Gasteiger partial charge < -0.3 is 0 Å². The summed E-state index contributed by atoms with van der Waals surface area (Å²) in [7, 11) is 0. The molecule has 0 amide bonds. The fourth-order valence-corrected chi connectivity index (χ4v) is 2.99. The van der Waals surface area contributed by atoms with Gasteiger partial charge in [-0.2, -0.15) is 0 Å². The standard InChI is InChI=1S/C9H9BrCl4Si/c1-9(10,15(12,13)14)8-4-2-7(6-11)3-5-8/h2-5H,6H2,1H3. The number of halogens is 5. The van der Waals surface area contributed by atoms with E-state index < -0.39 is 9.95 Å². The van der Waals surface area contributed by atoms with Gasteiger partial charge in [0.2, 0.25) is 0 Å². The van der Waals surface area contributed by atoms with Crippen molar-refractivity contribution in [3.05, 3.63) is 35.4 Å². The van der Waals surface area contributed by atoms with Crippen LogP contribution < -0.4 is 0 Å². The Kier molecular flexibility index (Phi) is 4.86. The molecule has 1 aromatic rings. The van der Waals surface area contributed by atoms with Gasteiger partial charge in [0, 0.05) is 5.88 Å². The highest BCUT2D eigenvalue weighted by Crippen LogP contribution is 2.46. The molecular formula is C9H9BrCl4Si. The molecule has 15 heavy (non-hydrogen) atoms. The monoisotopic (exact) mass is 364 g/mol. The fraction of sp³-hybridized carbons (Fsp3) is 0.333. The number of rotatable bonds is 3. The van der Waals surface area contributed by atoms with Crippen LogP contribution in [-0.4, -0.2) is 6.00 Å². The van der Waals surface area contributed by atoms with Crippen LogP contribution in [0.3, 0.4) is 0 Å². The molecule has 0 radical (unpaired) electrons. The first-order chi connectivity index (χ1) is 6.79. The lowest BCUT2D eigenvalue weighted by molar-refractivity contribution is 0.997. The molecule has 1 rings (SSSR count). The summed E-state index contributed by atoms with van der Waals surface area (Å²) >= 11 is 27.3. The Morgan fingerprint density at radius 3 is 2.00 bits per heavy atom. The van der Waals surface area contributed by atoms with Crippen molar-refractivity contribution in [3.63, 3.8) is 0 Å². The van der Waals surface area contributed by atoms with E-state index in [9.17, 15) is 0 Å². The fourth-order valence-electron chi connectivity index (χ4n) is 1.07. The van der Waals surface area contributed by atoms with Crippen molar-refractivity contribution in [1.82, 2.24) is 0 Å². The molecule has 0 N–H and O–H groups in total. The van der Waals surface area contributed by atoms with E-state index in [0.717, 1.165) is 11.1 Å². The van der Waals surface area contributed by atoms with Gasteiger partial charge in [-0.15, -0.1) is 44.8 Å². The highest BCUT2D eigenvalue weighted by molar-refractivity contribution is 9.10. The summed E-state index contributed by atoms with van der Waals surface area (Å²) < 4.78 is -0.574. The molecule has 0 fully saturated rings. The molecule has 0 aliphatic carbocycles. The van der Waals surface area contributed by atoms with Crippen LogP contribution in [0.4, 0.5) is 0 Å². The lowest BCUT2D eigenvalue weighted by Crippen LogP contribution is -2.35. The third-order valence-corrected chi connectivity index (χ3v) is 11.5. The molecule has 0 nitrogen and oxygen atoms in total. The van der Waals surface area contributed by atoms with Crippen LogP contribution in [0.25, 0.3) is 0 Å². The maximum absolute atomic E-state index is 6.03. The molecule has 6 heteroatoms.